The summed E-state index contributed by atoms with van der Waals surface area (Å²) in [5.41, 5.74) is 6.09. The first kappa shape index (κ1) is 14.4. The summed E-state index contributed by atoms with van der Waals surface area (Å²) >= 11 is 5.15. The summed E-state index contributed by atoms with van der Waals surface area (Å²) in [6.45, 7) is 6.26. The zero-order valence-electron chi connectivity index (χ0n) is 9.28. The van der Waals surface area contributed by atoms with E-state index in [1.54, 1.807) is 11.3 Å². The SMILES string of the molecule is CC1(CN)CCN(Cc2ncc(Br)s2)C1.Cl. The smallest absolute Gasteiger partial charge is 0.108 e. The zero-order valence-corrected chi connectivity index (χ0v) is 12.5. The highest BCUT2D eigenvalue weighted by Gasteiger charge is 2.32. The lowest BCUT2D eigenvalue weighted by Gasteiger charge is -2.21. The largest absolute Gasteiger partial charge is 0.330 e. The molecule has 6 heteroatoms. The maximum atomic E-state index is 5.78. The fourth-order valence-electron chi connectivity index (χ4n) is 1.98. The van der Waals surface area contributed by atoms with Crippen LogP contribution >= 0.6 is 39.7 Å². The Morgan fingerprint density at radius 2 is 2.44 bits per heavy atom. The summed E-state index contributed by atoms with van der Waals surface area (Å²) in [6.07, 6.45) is 3.08. The van der Waals surface area contributed by atoms with Crippen LogP contribution in [0.3, 0.4) is 0 Å². The molecular weight excluding hydrogens is 310 g/mol. The highest BCUT2D eigenvalue weighted by Crippen LogP contribution is 2.30. The lowest BCUT2D eigenvalue weighted by atomic mass is 9.90. The fourth-order valence-corrected chi connectivity index (χ4v) is 3.33. The summed E-state index contributed by atoms with van der Waals surface area (Å²) in [7, 11) is 0. The number of likely N-dealkylation sites (tertiary alicyclic amines) is 1. The first-order chi connectivity index (χ1) is 7.11. The molecule has 1 unspecified atom stereocenters. The van der Waals surface area contributed by atoms with Gasteiger partial charge >= 0.3 is 0 Å². The molecule has 0 saturated carbocycles. The number of thiazole rings is 1. The molecule has 0 bridgehead atoms. The molecule has 3 nitrogen and oxygen atoms in total. The van der Waals surface area contributed by atoms with Gasteiger partial charge in [-0.3, -0.25) is 4.90 Å². The van der Waals surface area contributed by atoms with Gasteiger partial charge in [0.1, 0.15) is 5.01 Å². The number of aromatic nitrogens is 1. The van der Waals surface area contributed by atoms with Crippen molar-refractivity contribution in [2.24, 2.45) is 11.1 Å². The van der Waals surface area contributed by atoms with Crippen LogP contribution in [0.4, 0.5) is 0 Å². The third kappa shape index (κ3) is 3.40. The van der Waals surface area contributed by atoms with E-state index >= 15 is 0 Å². The summed E-state index contributed by atoms with van der Waals surface area (Å²) in [5.74, 6) is 0. The topological polar surface area (TPSA) is 42.1 Å². The van der Waals surface area contributed by atoms with Gasteiger partial charge in [0.25, 0.3) is 0 Å². The van der Waals surface area contributed by atoms with Gasteiger partial charge in [-0.2, -0.15) is 0 Å². The molecule has 0 aliphatic carbocycles. The molecule has 1 aliphatic heterocycles. The molecule has 0 radical (unpaired) electrons. The molecule has 1 atom stereocenters. The molecule has 1 fully saturated rings. The van der Waals surface area contributed by atoms with Gasteiger partial charge in [0, 0.05) is 6.54 Å². The number of nitrogens with two attached hydrogens (primary N) is 1. The summed E-state index contributed by atoms with van der Waals surface area (Å²) < 4.78 is 1.11. The Morgan fingerprint density at radius 1 is 1.69 bits per heavy atom. The first-order valence-corrected chi connectivity index (χ1v) is 6.75. The molecule has 2 rings (SSSR count). The van der Waals surface area contributed by atoms with E-state index in [1.165, 1.54) is 11.4 Å². The van der Waals surface area contributed by atoms with Crippen molar-refractivity contribution in [2.75, 3.05) is 19.6 Å². The average molecular weight is 327 g/mol. The van der Waals surface area contributed by atoms with Crippen LogP contribution in [0.25, 0.3) is 0 Å². The van der Waals surface area contributed by atoms with E-state index in [1.807, 2.05) is 6.20 Å². The van der Waals surface area contributed by atoms with Crippen molar-refractivity contribution in [1.29, 1.82) is 0 Å². The zero-order chi connectivity index (χ0) is 10.9. The van der Waals surface area contributed by atoms with E-state index in [-0.39, 0.29) is 12.4 Å². The Bertz CT molecular complexity index is 347. The molecule has 1 aromatic rings. The van der Waals surface area contributed by atoms with Crippen LogP contribution in [0.1, 0.15) is 18.4 Å². The molecule has 1 aromatic heterocycles. The molecule has 92 valence electrons. The highest BCUT2D eigenvalue weighted by atomic mass is 79.9. The summed E-state index contributed by atoms with van der Waals surface area (Å²) in [4.78, 5) is 6.79. The molecule has 0 amide bonds. The number of hydrogen-bond acceptors (Lipinski definition) is 4. The highest BCUT2D eigenvalue weighted by molar-refractivity contribution is 9.11. The molecule has 0 aromatic carbocycles. The maximum absolute atomic E-state index is 5.78. The van der Waals surface area contributed by atoms with Gasteiger partial charge < -0.3 is 5.73 Å². The van der Waals surface area contributed by atoms with Crippen LogP contribution in [0.5, 0.6) is 0 Å². The Kier molecular flexibility index (Phi) is 5.19. The minimum atomic E-state index is 0. The number of halogens is 2. The Labute approximate surface area is 115 Å². The van der Waals surface area contributed by atoms with Gasteiger partial charge in [-0.05, 0) is 40.9 Å². The molecule has 16 heavy (non-hydrogen) atoms. The quantitative estimate of drug-likeness (QED) is 0.928. The van der Waals surface area contributed by atoms with Gasteiger partial charge in [-0.1, -0.05) is 6.92 Å². The van der Waals surface area contributed by atoms with Crippen LogP contribution in [-0.2, 0) is 6.54 Å². The molecule has 1 saturated heterocycles. The molecule has 2 heterocycles. The van der Waals surface area contributed by atoms with Crippen LogP contribution in [0, 0.1) is 5.41 Å². The lowest BCUT2D eigenvalue weighted by Crippen LogP contribution is -2.31. The van der Waals surface area contributed by atoms with Crippen molar-refractivity contribution < 1.29 is 0 Å². The second kappa shape index (κ2) is 5.78. The fraction of sp³-hybridized carbons (Fsp3) is 0.700. The second-order valence-corrected chi connectivity index (χ2v) is 7.03. The van der Waals surface area contributed by atoms with E-state index < -0.39 is 0 Å². The Hall–Kier alpha value is 0.320. The van der Waals surface area contributed by atoms with Gasteiger partial charge in [0.2, 0.25) is 0 Å². The average Bonchev–Trinajstić information content (AvgIpc) is 2.76. The monoisotopic (exact) mass is 325 g/mol. The molecule has 0 spiro atoms. The van der Waals surface area contributed by atoms with Crippen molar-refractivity contribution in [3.05, 3.63) is 15.0 Å². The summed E-state index contributed by atoms with van der Waals surface area (Å²) in [5, 5.41) is 1.18. The van der Waals surface area contributed by atoms with E-state index in [4.69, 9.17) is 5.73 Å². The van der Waals surface area contributed by atoms with Crippen molar-refractivity contribution in [3.63, 3.8) is 0 Å². The van der Waals surface area contributed by atoms with Crippen LogP contribution < -0.4 is 5.73 Å². The van der Waals surface area contributed by atoms with Crippen molar-refractivity contribution in [2.45, 2.75) is 19.9 Å². The first-order valence-electron chi connectivity index (χ1n) is 5.14. The standard InChI is InChI=1S/C10H16BrN3S.ClH/c1-10(6-12)2-3-14(7-10)5-9-13-4-8(11)15-9;/h4H,2-3,5-7,12H2,1H3;1H. The predicted molar refractivity (Wildman–Crippen MR) is 74.1 cm³/mol. The summed E-state index contributed by atoms with van der Waals surface area (Å²) in [6, 6.07) is 0. The molecule has 1 aliphatic rings. The maximum Gasteiger partial charge on any atom is 0.108 e. The van der Waals surface area contributed by atoms with Crippen LogP contribution in [0.15, 0.2) is 9.98 Å². The minimum absolute atomic E-state index is 0. The van der Waals surface area contributed by atoms with Gasteiger partial charge in [0.05, 0.1) is 16.5 Å². The molecular formula is C10H17BrClN3S. The van der Waals surface area contributed by atoms with Gasteiger partial charge in [-0.15, -0.1) is 23.7 Å². The third-order valence-electron chi connectivity index (χ3n) is 3.01. The van der Waals surface area contributed by atoms with Gasteiger partial charge in [0.15, 0.2) is 0 Å². The molecule has 2 N–H and O–H groups in total. The second-order valence-electron chi connectivity index (χ2n) is 4.53. The van der Waals surface area contributed by atoms with Crippen molar-refractivity contribution in [3.8, 4) is 0 Å². The number of nitrogens with zero attached hydrogens (tertiary/aromatic N) is 2. The van der Waals surface area contributed by atoms with Crippen molar-refractivity contribution >= 4 is 39.7 Å². The van der Waals surface area contributed by atoms with Gasteiger partial charge in [-0.25, -0.2) is 4.98 Å². The lowest BCUT2D eigenvalue weighted by molar-refractivity contribution is 0.274. The Balaban J connectivity index is 0.00000128. The predicted octanol–water partition coefficient (Wildman–Crippen LogP) is 2.50. The Morgan fingerprint density at radius 3 is 2.94 bits per heavy atom. The van der Waals surface area contributed by atoms with E-state index in [2.05, 4.69) is 32.7 Å². The van der Waals surface area contributed by atoms with E-state index in [0.29, 0.717) is 5.41 Å². The minimum Gasteiger partial charge on any atom is -0.330 e. The number of rotatable bonds is 3. The van der Waals surface area contributed by atoms with Crippen LogP contribution in [-0.4, -0.2) is 29.5 Å². The van der Waals surface area contributed by atoms with Crippen molar-refractivity contribution in [1.82, 2.24) is 9.88 Å². The normalized spacial score (nSPS) is 25.7. The van der Waals surface area contributed by atoms with E-state index in [0.717, 1.165) is 30.0 Å². The number of hydrogen-bond donors (Lipinski definition) is 1. The van der Waals surface area contributed by atoms with E-state index in [9.17, 15) is 0 Å². The third-order valence-corrected chi connectivity index (χ3v) is 4.47. The van der Waals surface area contributed by atoms with Crippen LogP contribution in [0.2, 0.25) is 0 Å².